The van der Waals surface area contributed by atoms with Crippen molar-refractivity contribution in [3.8, 4) is 17.2 Å². The summed E-state index contributed by atoms with van der Waals surface area (Å²) in [6.07, 6.45) is 2.49. The Bertz CT molecular complexity index is 1350. The number of nitro groups is 1. The first-order valence-corrected chi connectivity index (χ1v) is 12.8. The summed E-state index contributed by atoms with van der Waals surface area (Å²) in [4.78, 5) is 38.5. The predicted molar refractivity (Wildman–Crippen MR) is 135 cm³/mol. The van der Waals surface area contributed by atoms with Gasteiger partial charge in [0.25, 0.3) is 5.69 Å². The lowest BCUT2D eigenvalue weighted by Crippen LogP contribution is -2.76. The van der Waals surface area contributed by atoms with E-state index in [0.29, 0.717) is 30.9 Å². The number of non-ortho nitro benzene ring substituents is 1. The summed E-state index contributed by atoms with van der Waals surface area (Å²) in [5.41, 5.74) is -0.293. The first kappa shape index (κ1) is 25.1. The minimum atomic E-state index is -1.10. The molecule has 0 aromatic heterocycles. The lowest BCUT2D eigenvalue weighted by molar-refractivity contribution is -0.384. The molecule has 11 heteroatoms. The van der Waals surface area contributed by atoms with Gasteiger partial charge in [-0.25, -0.2) is 4.79 Å². The number of ether oxygens (including phenoxy) is 3. The van der Waals surface area contributed by atoms with Crippen LogP contribution in [0.4, 0.5) is 10.5 Å². The van der Waals surface area contributed by atoms with E-state index in [4.69, 9.17) is 14.2 Å². The third kappa shape index (κ3) is 3.47. The van der Waals surface area contributed by atoms with Crippen LogP contribution in [-0.4, -0.2) is 57.7 Å². The summed E-state index contributed by atoms with van der Waals surface area (Å²) in [6.45, 7) is 1.75. The molecule has 200 valence electrons. The number of nitrogens with zero attached hydrogens (tertiary/aromatic N) is 2. The zero-order valence-corrected chi connectivity index (χ0v) is 21.3. The molecule has 2 saturated carbocycles. The number of aliphatic hydroxyl groups is 1. The normalized spacial score (nSPS) is 30.5. The van der Waals surface area contributed by atoms with E-state index in [1.54, 1.807) is 6.07 Å². The van der Waals surface area contributed by atoms with E-state index >= 15 is 0 Å². The van der Waals surface area contributed by atoms with Crippen LogP contribution in [0.15, 0.2) is 36.4 Å². The maximum Gasteiger partial charge on any atom is 0.519 e. The average molecular weight is 543 g/mol. The smallest absolute Gasteiger partial charge is 0.477 e. The molecule has 0 unspecified atom stereocenters. The number of carbonyl (C=O) groups excluding carboxylic acids is 2. The third-order valence-electron chi connectivity index (χ3n) is 8.99. The number of Topliss-reactive ketones (excluding diaryl/α,β-unsaturated/α-hetero) is 1. The quantitative estimate of drug-likeness (QED) is 0.260. The Kier molecular flexibility index (Phi) is 5.71. The lowest BCUT2D eigenvalue weighted by atomic mass is 9.49. The average Bonchev–Trinajstić information content (AvgIpc) is 3.61. The fourth-order valence-electron chi connectivity index (χ4n) is 7.18. The zero-order chi connectivity index (χ0) is 25.5. The van der Waals surface area contributed by atoms with Crippen LogP contribution >= 0.6 is 12.4 Å². The first-order chi connectivity index (χ1) is 17.8. The molecule has 38 heavy (non-hydrogen) atoms. The molecule has 2 aromatic carbocycles. The molecule has 2 aliphatic heterocycles. The van der Waals surface area contributed by atoms with Crippen molar-refractivity contribution in [2.75, 3.05) is 13.1 Å². The molecule has 5 aliphatic rings. The molecule has 1 spiro atoms. The van der Waals surface area contributed by atoms with E-state index in [0.717, 1.165) is 24.2 Å². The number of hydrogen-bond donors (Lipinski definition) is 1. The standard InChI is InChI=1S/C27H26N2O8.ClH/c30-19-9-10-27(32)21-13-16-3-8-20(36-25(31)35-18-6-4-17(5-7-18)29(33)34)23-22(16)26(27,24(19)37-23)11-12-28(21)14-15-1-2-15;/h3-8,15,21,24,32H,1-2,9-14H2;1H/t21-,24+,26+,27-;/m1./s1. The molecular formula is C27H27ClN2O8. The van der Waals surface area contributed by atoms with Crippen molar-refractivity contribution >= 4 is 30.0 Å². The van der Waals surface area contributed by atoms with Gasteiger partial charge in [-0.2, -0.15) is 0 Å². The maximum atomic E-state index is 13.2. The molecule has 2 aromatic rings. The second-order valence-electron chi connectivity index (χ2n) is 10.9. The number of piperidine rings is 1. The summed E-state index contributed by atoms with van der Waals surface area (Å²) in [5.74, 6) is 1.19. The Morgan fingerprint density at radius 1 is 1.16 bits per heavy atom. The lowest BCUT2D eigenvalue weighted by Gasteiger charge is -2.62. The van der Waals surface area contributed by atoms with Gasteiger partial charge < -0.3 is 19.3 Å². The number of halogens is 1. The molecule has 10 nitrogen and oxygen atoms in total. The predicted octanol–water partition coefficient (Wildman–Crippen LogP) is 3.73. The van der Waals surface area contributed by atoms with Crippen molar-refractivity contribution in [1.82, 2.24) is 4.90 Å². The fourth-order valence-corrected chi connectivity index (χ4v) is 7.18. The van der Waals surface area contributed by atoms with Crippen molar-refractivity contribution in [3.05, 3.63) is 57.6 Å². The van der Waals surface area contributed by atoms with E-state index in [-0.39, 0.29) is 47.8 Å². The van der Waals surface area contributed by atoms with E-state index in [2.05, 4.69) is 4.90 Å². The highest BCUT2D eigenvalue weighted by molar-refractivity contribution is 5.90. The number of hydrogen-bond acceptors (Lipinski definition) is 9. The van der Waals surface area contributed by atoms with Gasteiger partial charge in [-0.3, -0.25) is 19.8 Å². The van der Waals surface area contributed by atoms with E-state index in [1.807, 2.05) is 6.07 Å². The molecule has 2 bridgehead atoms. The van der Waals surface area contributed by atoms with Crippen LogP contribution in [0.2, 0.25) is 0 Å². The van der Waals surface area contributed by atoms with Crippen LogP contribution in [0.1, 0.15) is 43.2 Å². The van der Waals surface area contributed by atoms with Crippen LogP contribution in [0, 0.1) is 16.0 Å². The second kappa shape index (κ2) is 8.65. The molecule has 4 atom stereocenters. The highest BCUT2D eigenvalue weighted by Gasteiger charge is 2.73. The number of nitro benzene ring substituents is 1. The molecule has 0 radical (unpaired) electrons. The van der Waals surface area contributed by atoms with Gasteiger partial charge in [-0.15, -0.1) is 12.4 Å². The van der Waals surface area contributed by atoms with Gasteiger partial charge in [-0.05, 0) is 68.3 Å². The van der Waals surface area contributed by atoms with Crippen molar-refractivity contribution < 1.29 is 33.8 Å². The molecule has 7 rings (SSSR count). The number of carbonyl (C=O) groups is 2. The Hall–Kier alpha value is -3.21. The van der Waals surface area contributed by atoms with Gasteiger partial charge in [0.05, 0.1) is 15.9 Å². The minimum absolute atomic E-state index is 0. The summed E-state index contributed by atoms with van der Waals surface area (Å²) in [6, 6.07) is 8.53. The Labute approximate surface area is 224 Å². The number of likely N-dealkylation sites (tertiary alicyclic amines) is 1. The Balaban J connectivity index is 0.00000264. The van der Waals surface area contributed by atoms with Crippen LogP contribution in [-0.2, 0) is 16.6 Å². The van der Waals surface area contributed by atoms with Crippen LogP contribution in [0.5, 0.6) is 17.2 Å². The van der Waals surface area contributed by atoms with Crippen LogP contribution in [0.25, 0.3) is 0 Å². The highest BCUT2D eigenvalue weighted by Crippen LogP contribution is 2.65. The third-order valence-corrected chi connectivity index (χ3v) is 8.99. The number of rotatable bonds is 5. The molecule has 3 fully saturated rings. The fraction of sp³-hybridized carbons (Fsp3) is 0.481. The molecule has 2 heterocycles. The van der Waals surface area contributed by atoms with Gasteiger partial charge in [-0.1, -0.05) is 6.07 Å². The summed E-state index contributed by atoms with van der Waals surface area (Å²) < 4.78 is 17.0. The molecule has 1 N–H and O–H groups in total. The Morgan fingerprint density at radius 2 is 1.92 bits per heavy atom. The molecule has 3 aliphatic carbocycles. The van der Waals surface area contributed by atoms with Gasteiger partial charge in [0.15, 0.2) is 23.4 Å². The van der Waals surface area contributed by atoms with Crippen molar-refractivity contribution in [2.24, 2.45) is 5.92 Å². The maximum absolute atomic E-state index is 13.2. The SMILES string of the molecule is Cl.O=C(Oc1ccc([N+](=O)[O-])cc1)Oc1ccc2c3c1O[C@H]1C(=O)CC[C@@]4(O)[C@@H](C2)N(CC2CC2)CC[C@]314. The van der Waals surface area contributed by atoms with Crippen molar-refractivity contribution in [1.29, 1.82) is 0 Å². The number of benzene rings is 2. The van der Waals surface area contributed by atoms with E-state index < -0.39 is 28.2 Å². The topological polar surface area (TPSA) is 128 Å². The van der Waals surface area contributed by atoms with Crippen LogP contribution in [0.3, 0.4) is 0 Å². The Morgan fingerprint density at radius 3 is 2.63 bits per heavy atom. The monoisotopic (exact) mass is 542 g/mol. The van der Waals surface area contributed by atoms with Crippen molar-refractivity contribution in [2.45, 2.75) is 61.7 Å². The summed E-state index contributed by atoms with van der Waals surface area (Å²) >= 11 is 0. The summed E-state index contributed by atoms with van der Waals surface area (Å²) in [7, 11) is 0. The molecule has 0 amide bonds. The minimum Gasteiger partial charge on any atom is -0.477 e. The van der Waals surface area contributed by atoms with E-state index in [9.17, 15) is 24.8 Å². The summed E-state index contributed by atoms with van der Waals surface area (Å²) in [5, 5.41) is 23.2. The molecular weight excluding hydrogens is 516 g/mol. The highest BCUT2D eigenvalue weighted by atomic mass is 35.5. The molecule has 1 saturated heterocycles. The van der Waals surface area contributed by atoms with Crippen molar-refractivity contribution in [3.63, 3.8) is 0 Å². The number of ketones is 1. The van der Waals surface area contributed by atoms with Gasteiger partial charge >= 0.3 is 6.16 Å². The van der Waals surface area contributed by atoms with E-state index in [1.165, 1.54) is 37.1 Å². The van der Waals surface area contributed by atoms with Gasteiger partial charge in [0.2, 0.25) is 0 Å². The van der Waals surface area contributed by atoms with Crippen LogP contribution < -0.4 is 14.2 Å². The first-order valence-electron chi connectivity index (χ1n) is 12.8. The zero-order valence-electron chi connectivity index (χ0n) is 20.5. The largest absolute Gasteiger partial charge is 0.519 e. The second-order valence-corrected chi connectivity index (χ2v) is 10.9. The van der Waals surface area contributed by atoms with Gasteiger partial charge in [0, 0.05) is 36.7 Å². The van der Waals surface area contributed by atoms with Gasteiger partial charge in [0.1, 0.15) is 5.75 Å².